The summed E-state index contributed by atoms with van der Waals surface area (Å²) in [6, 6.07) is 2.15. The Kier molecular flexibility index (Phi) is 5.07. The molecular formula is C13H20ClN3O2. The van der Waals surface area contributed by atoms with E-state index in [-0.39, 0.29) is 0 Å². The Balaban J connectivity index is 2.28. The maximum atomic E-state index is 5.91. The molecule has 0 amide bonds. The summed E-state index contributed by atoms with van der Waals surface area (Å²) in [5.41, 5.74) is 0. The second-order valence-electron chi connectivity index (χ2n) is 4.57. The predicted octanol–water partition coefficient (Wildman–Crippen LogP) is 2.48. The molecule has 106 valence electrons. The lowest BCUT2D eigenvalue weighted by atomic mass is 10.2. The van der Waals surface area contributed by atoms with Gasteiger partial charge < -0.3 is 14.4 Å². The van der Waals surface area contributed by atoms with E-state index in [4.69, 9.17) is 21.1 Å². The van der Waals surface area contributed by atoms with Crippen LogP contribution >= 0.6 is 11.6 Å². The first-order chi connectivity index (χ1) is 9.28. The molecule has 1 aromatic heterocycles. The Labute approximate surface area is 118 Å². The number of halogens is 1. The third kappa shape index (κ3) is 3.41. The molecular weight excluding hydrogens is 266 g/mol. The van der Waals surface area contributed by atoms with Crippen LogP contribution in [-0.4, -0.2) is 42.7 Å². The highest BCUT2D eigenvalue weighted by Gasteiger charge is 2.25. The van der Waals surface area contributed by atoms with E-state index in [1.165, 1.54) is 25.7 Å². The van der Waals surface area contributed by atoms with Crippen molar-refractivity contribution < 1.29 is 9.47 Å². The summed E-state index contributed by atoms with van der Waals surface area (Å²) >= 11 is 5.91. The van der Waals surface area contributed by atoms with Gasteiger partial charge in [0.1, 0.15) is 0 Å². The van der Waals surface area contributed by atoms with Crippen LogP contribution in [0.25, 0.3) is 0 Å². The SMILES string of the molecule is COc1cc(OC)nc(N(CCCl)C2CCCC2)n1. The molecule has 0 atom stereocenters. The van der Waals surface area contributed by atoms with Crippen molar-refractivity contribution in [3.05, 3.63) is 6.07 Å². The molecule has 5 nitrogen and oxygen atoms in total. The lowest BCUT2D eigenvalue weighted by Crippen LogP contribution is -2.36. The first kappa shape index (κ1) is 14.2. The summed E-state index contributed by atoms with van der Waals surface area (Å²) in [6.07, 6.45) is 4.84. The average molecular weight is 286 g/mol. The van der Waals surface area contributed by atoms with Crippen molar-refractivity contribution in [1.29, 1.82) is 0 Å². The van der Waals surface area contributed by atoms with Crippen LogP contribution in [0.4, 0.5) is 5.95 Å². The smallest absolute Gasteiger partial charge is 0.232 e. The molecule has 1 fully saturated rings. The number of hydrogen-bond donors (Lipinski definition) is 0. The molecule has 0 spiro atoms. The fourth-order valence-electron chi connectivity index (χ4n) is 2.48. The van der Waals surface area contributed by atoms with Gasteiger partial charge in [-0.05, 0) is 12.8 Å². The fourth-order valence-corrected chi connectivity index (χ4v) is 2.66. The van der Waals surface area contributed by atoms with Gasteiger partial charge in [-0.3, -0.25) is 0 Å². The average Bonchev–Trinajstić information content (AvgIpc) is 2.97. The van der Waals surface area contributed by atoms with Crippen molar-refractivity contribution in [3.8, 4) is 11.8 Å². The van der Waals surface area contributed by atoms with Crippen molar-refractivity contribution in [1.82, 2.24) is 9.97 Å². The van der Waals surface area contributed by atoms with E-state index in [1.807, 2.05) is 0 Å². The molecule has 2 rings (SSSR count). The van der Waals surface area contributed by atoms with Gasteiger partial charge in [0.25, 0.3) is 0 Å². The van der Waals surface area contributed by atoms with Crippen LogP contribution in [0.2, 0.25) is 0 Å². The standard InChI is InChI=1S/C13H20ClN3O2/c1-18-11-9-12(19-2)16-13(15-11)17(8-7-14)10-5-3-4-6-10/h9-10H,3-8H2,1-2H3. The van der Waals surface area contributed by atoms with Crippen LogP contribution in [0.15, 0.2) is 6.07 Å². The van der Waals surface area contributed by atoms with Crippen LogP contribution in [0.5, 0.6) is 11.8 Å². The second-order valence-corrected chi connectivity index (χ2v) is 4.95. The Hall–Kier alpha value is -1.23. The van der Waals surface area contributed by atoms with Gasteiger partial charge in [-0.1, -0.05) is 12.8 Å². The number of ether oxygens (including phenoxy) is 2. The second kappa shape index (κ2) is 6.80. The topological polar surface area (TPSA) is 47.5 Å². The van der Waals surface area contributed by atoms with Gasteiger partial charge in [0.05, 0.1) is 20.3 Å². The molecule has 1 aliphatic carbocycles. The summed E-state index contributed by atoms with van der Waals surface area (Å²) in [5.74, 6) is 2.22. The van der Waals surface area contributed by atoms with Gasteiger partial charge in [0.15, 0.2) is 0 Å². The molecule has 0 N–H and O–H groups in total. The molecule has 1 heterocycles. The largest absolute Gasteiger partial charge is 0.481 e. The minimum atomic E-state index is 0.468. The Morgan fingerprint density at radius 1 is 1.21 bits per heavy atom. The first-order valence-corrected chi connectivity index (χ1v) is 7.11. The molecule has 1 aliphatic rings. The van der Waals surface area contributed by atoms with E-state index >= 15 is 0 Å². The molecule has 19 heavy (non-hydrogen) atoms. The van der Waals surface area contributed by atoms with E-state index in [2.05, 4.69) is 14.9 Å². The molecule has 0 aliphatic heterocycles. The number of methoxy groups -OCH3 is 2. The zero-order valence-electron chi connectivity index (χ0n) is 11.4. The highest BCUT2D eigenvalue weighted by atomic mass is 35.5. The lowest BCUT2D eigenvalue weighted by molar-refractivity contribution is 0.370. The fraction of sp³-hybridized carbons (Fsp3) is 0.692. The summed E-state index contributed by atoms with van der Waals surface area (Å²) in [6.45, 7) is 0.739. The van der Waals surface area contributed by atoms with E-state index < -0.39 is 0 Å². The Morgan fingerprint density at radius 3 is 2.26 bits per heavy atom. The number of aromatic nitrogens is 2. The van der Waals surface area contributed by atoms with Crippen LogP contribution in [0.3, 0.4) is 0 Å². The number of nitrogens with zero attached hydrogens (tertiary/aromatic N) is 3. The Morgan fingerprint density at radius 2 is 1.79 bits per heavy atom. The van der Waals surface area contributed by atoms with Crippen molar-refractivity contribution >= 4 is 17.5 Å². The quantitative estimate of drug-likeness (QED) is 0.752. The summed E-state index contributed by atoms with van der Waals surface area (Å²) in [4.78, 5) is 11.0. The highest BCUT2D eigenvalue weighted by Crippen LogP contribution is 2.28. The normalized spacial score (nSPS) is 15.5. The van der Waals surface area contributed by atoms with Crippen molar-refractivity contribution in [2.24, 2.45) is 0 Å². The van der Waals surface area contributed by atoms with Crippen LogP contribution in [0.1, 0.15) is 25.7 Å². The summed E-state index contributed by atoms with van der Waals surface area (Å²) < 4.78 is 10.4. The molecule has 0 radical (unpaired) electrons. The summed E-state index contributed by atoms with van der Waals surface area (Å²) in [7, 11) is 3.18. The van der Waals surface area contributed by atoms with Crippen molar-refractivity contribution in [3.63, 3.8) is 0 Å². The van der Waals surface area contributed by atoms with E-state index in [1.54, 1.807) is 20.3 Å². The van der Waals surface area contributed by atoms with Crippen LogP contribution in [-0.2, 0) is 0 Å². The molecule has 0 unspecified atom stereocenters. The summed E-state index contributed by atoms with van der Waals surface area (Å²) in [5, 5.41) is 0. The van der Waals surface area contributed by atoms with Gasteiger partial charge in [0.2, 0.25) is 17.7 Å². The monoisotopic (exact) mass is 285 g/mol. The van der Waals surface area contributed by atoms with E-state index in [9.17, 15) is 0 Å². The van der Waals surface area contributed by atoms with Gasteiger partial charge >= 0.3 is 0 Å². The van der Waals surface area contributed by atoms with Gasteiger partial charge in [-0.15, -0.1) is 11.6 Å². The van der Waals surface area contributed by atoms with Gasteiger partial charge in [0, 0.05) is 18.5 Å². The lowest BCUT2D eigenvalue weighted by Gasteiger charge is -2.28. The molecule has 0 aromatic carbocycles. The number of alkyl halides is 1. The first-order valence-electron chi connectivity index (χ1n) is 6.58. The number of rotatable bonds is 6. The minimum Gasteiger partial charge on any atom is -0.481 e. The highest BCUT2D eigenvalue weighted by molar-refractivity contribution is 6.18. The predicted molar refractivity (Wildman–Crippen MR) is 75.5 cm³/mol. The molecule has 0 saturated heterocycles. The van der Waals surface area contributed by atoms with E-state index in [0.29, 0.717) is 29.6 Å². The van der Waals surface area contributed by atoms with E-state index in [0.717, 1.165) is 6.54 Å². The Bertz CT molecular complexity index is 389. The maximum absolute atomic E-state index is 5.91. The number of anilines is 1. The van der Waals surface area contributed by atoms with Crippen LogP contribution < -0.4 is 14.4 Å². The zero-order chi connectivity index (χ0) is 13.7. The van der Waals surface area contributed by atoms with Crippen molar-refractivity contribution in [2.75, 3.05) is 31.5 Å². The van der Waals surface area contributed by atoms with Crippen LogP contribution in [0, 0.1) is 0 Å². The van der Waals surface area contributed by atoms with Gasteiger partial charge in [-0.2, -0.15) is 9.97 Å². The minimum absolute atomic E-state index is 0.468. The number of hydrogen-bond acceptors (Lipinski definition) is 5. The molecule has 0 bridgehead atoms. The third-order valence-corrected chi connectivity index (χ3v) is 3.60. The van der Waals surface area contributed by atoms with Gasteiger partial charge in [-0.25, -0.2) is 0 Å². The maximum Gasteiger partial charge on any atom is 0.232 e. The van der Waals surface area contributed by atoms with Crippen molar-refractivity contribution in [2.45, 2.75) is 31.7 Å². The molecule has 1 aromatic rings. The zero-order valence-corrected chi connectivity index (χ0v) is 12.2. The molecule has 1 saturated carbocycles. The molecule has 6 heteroatoms. The third-order valence-electron chi connectivity index (χ3n) is 3.43.